The summed E-state index contributed by atoms with van der Waals surface area (Å²) in [5.41, 5.74) is 3.27. The fourth-order valence-corrected chi connectivity index (χ4v) is 3.64. The Balaban J connectivity index is 1.45. The zero-order chi connectivity index (χ0) is 18.2. The van der Waals surface area contributed by atoms with E-state index in [1.807, 2.05) is 29.2 Å². The standard InChI is InChI=1S/C21H29N3O2/c25-20-11-4-5-14-24(20)16-18-9-6-10-19(15-18)23-21(26)22-13-12-17-7-2-1-3-8-17/h6-7,9-10,15H,1-5,8,11-14,16H2,(H2,22,23,26). The van der Waals surface area contributed by atoms with Gasteiger partial charge in [0.25, 0.3) is 0 Å². The molecule has 1 aliphatic carbocycles. The zero-order valence-corrected chi connectivity index (χ0v) is 15.4. The molecule has 1 heterocycles. The first kappa shape index (κ1) is 18.5. The van der Waals surface area contributed by atoms with Crippen LogP contribution in [0.25, 0.3) is 0 Å². The summed E-state index contributed by atoms with van der Waals surface area (Å²) in [4.78, 5) is 26.0. The normalized spacial score (nSPS) is 17.6. The number of nitrogens with zero attached hydrogens (tertiary/aromatic N) is 1. The summed E-state index contributed by atoms with van der Waals surface area (Å²) in [6.45, 7) is 2.11. The van der Waals surface area contributed by atoms with E-state index >= 15 is 0 Å². The van der Waals surface area contributed by atoms with Crippen molar-refractivity contribution in [3.05, 3.63) is 41.5 Å². The summed E-state index contributed by atoms with van der Waals surface area (Å²) < 4.78 is 0. The number of hydrogen-bond acceptors (Lipinski definition) is 2. The molecule has 2 N–H and O–H groups in total. The third-order valence-corrected chi connectivity index (χ3v) is 5.10. The number of allylic oxidation sites excluding steroid dienone is 1. The van der Waals surface area contributed by atoms with Crippen molar-refractivity contribution in [1.29, 1.82) is 0 Å². The van der Waals surface area contributed by atoms with E-state index in [1.165, 1.54) is 31.3 Å². The van der Waals surface area contributed by atoms with Gasteiger partial charge < -0.3 is 15.5 Å². The molecule has 0 bridgehead atoms. The highest BCUT2D eigenvalue weighted by Gasteiger charge is 2.18. The molecule has 1 aromatic rings. The second kappa shape index (κ2) is 9.41. The van der Waals surface area contributed by atoms with Gasteiger partial charge in [0.15, 0.2) is 0 Å². The summed E-state index contributed by atoms with van der Waals surface area (Å²) in [5, 5.41) is 5.83. The van der Waals surface area contributed by atoms with Crippen LogP contribution in [0.1, 0.15) is 56.9 Å². The lowest BCUT2D eigenvalue weighted by Gasteiger charge is -2.26. The number of carbonyl (C=O) groups excluding carboxylic acids is 2. The maximum Gasteiger partial charge on any atom is 0.319 e. The van der Waals surface area contributed by atoms with E-state index < -0.39 is 0 Å². The van der Waals surface area contributed by atoms with Crippen molar-refractivity contribution < 1.29 is 9.59 Å². The third kappa shape index (κ3) is 5.61. The minimum Gasteiger partial charge on any atom is -0.338 e. The van der Waals surface area contributed by atoms with Crippen molar-refractivity contribution in [3.63, 3.8) is 0 Å². The van der Waals surface area contributed by atoms with Crippen LogP contribution in [0, 0.1) is 0 Å². The molecule has 5 nitrogen and oxygen atoms in total. The lowest BCUT2D eigenvalue weighted by atomic mass is 9.97. The lowest BCUT2D eigenvalue weighted by molar-refractivity contribution is -0.133. The van der Waals surface area contributed by atoms with Gasteiger partial charge in [0, 0.05) is 31.7 Å². The highest BCUT2D eigenvalue weighted by Crippen LogP contribution is 2.19. The Morgan fingerprint density at radius 1 is 1.12 bits per heavy atom. The molecule has 0 saturated carbocycles. The fourth-order valence-electron chi connectivity index (χ4n) is 3.64. The molecule has 140 valence electrons. The van der Waals surface area contributed by atoms with Crippen LogP contribution in [0.2, 0.25) is 0 Å². The Kier molecular flexibility index (Phi) is 6.69. The van der Waals surface area contributed by atoms with Gasteiger partial charge in [0.05, 0.1) is 0 Å². The molecule has 26 heavy (non-hydrogen) atoms. The maximum atomic E-state index is 12.1. The van der Waals surface area contributed by atoms with Crippen LogP contribution < -0.4 is 10.6 Å². The van der Waals surface area contributed by atoms with E-state index in [0.717, 1.165) is 37.1 Å². The average Bonchev–Trinajstić information content (AvgIpc) is 2.65. The molecule has 1 aliphatic heterocycles. The molecule has 0 spiro atoms. The predicted octanol–water partition coefficient (Wildman–Crippen LogP) is 4.21. The van der Waals surface area contributed by atoms with Gasteiger partial charge in [-0.2, -0.15) is 0 Å². The topological polar surface area (TPSA) is 61.4 Å². The van der Waals surface area contributed by atoms with Crippen LogP contribution in [-0.2, 0) is 11.3 Å². The van der Waals surface area contributed by atoms with E-state index in [0.29, 0.717) is 19.5 Å². The molecule has 5 heteroatoms. The quantitative estimate of drug-likeness (QED) is 0.751. The predicted molar refractivity (Wildman–Crippen MR) is 104 cm³/mol. The van der Waals surface area contributed by atoms with Gasteiger partial charge in [0.2, 0.25) is 5.91 Å². The third-order valence-electron chi connectivity index (χ3n) is 5.10. The Morgan fingerprint density at radius 3 is 2.81 bits per heavy atom. The molecule has 1 fully saturated rings. The second-order valence-electron chi connectivity index (χ2n) is 7.21. The van der Waals surface area contributed by atoms with Crippen molar-refractivity contribution in [2.45, 2.75) is 57.9 Å². The average molecular weight is 355 g/mol. The minimum atomic E-state index is -0.174. The lowest BCUT2D eigenvalue weighted by Crippen LogP contribution is -2.34. The first-order valence-corrected chi connectivity index (χ1v) is 9.80. The van der Waals surface area contributed by atoms with Crippen LogP contribution >= 0.6 is 0 Å². The van der Waals surface area contributed by atoms with Gasteiger partial charge in [-0.05, 0) is 62.6 Å². The number of benzene rings is 1. The van der Waals surface area contributed by atoms with E-state index in [9.17, 15) is 9.59 Å². The number of urea groups is 1. The molecule has 0 aromatic heterocycles. The van der Waals surface area contributed by atoms with Crippen LogP contribution in [0.5, 0.6) is 0 Å². The summed E-state index contributed by atoms with van der Waals surface area (Å²) in [7, 11) is 0. The number of likely N-dealkylation sites (tertiary alicyclic amines) is 1. The molecular weight excluding hydrogens is 326 g/mol. The van der Waals surface area contributed by atoms with Crippen LogP contribution in [0.3, 0.4) is 0 Å². The highest BCUT2D eigenvalue weighted by atomic mass is 16.2. The van der Waals surface area contributed by atoms with E-state index in [2.05, 4.69) is 16.7 Å². The largest absolute Gasteiger partial charge is 0.338 e. The zero-order valence-electron chi connectivity index (χ0n) is 15.4. The van der Waals surface area contributed by atoms with Crippen LogP contribution in [-0.4, -0.2) is 29.9 Å². The van der Waals surface area contributed by atoms with E-state index in [4.69, 9.17) is 0 Å². The summed E-state index contributed by atoms with van der Waals surface area (Å²) >= 11 is 0. The number of piperidine rings is 1. The van der Waals surface area contributed by atoms with Gasteiger partial charge in [-0.15, -0.1) is 0 Å². The number of hydrogen-bond donors (Lipinski definition) is 2. The van der Waals surface area contributed by atoms with Crippen molar-refractivity contribution in [3.8, 4) is 0 Å². The van der Waals surface area contributed by atoms with Crippen LogP contribution in [0.4, 0.5) is 10.5 Å². The number of amides is 3. The first-order valence-electron chi connectivity index (χ1n) is 9.80. The van der Waals surface area contributed by atoms with Gasteiger partial charge >= 0.3 is 6.03 Å². The molecule has 1 saturated heterocycles. The molecule has 3 rings (SSSR count). The molecule has 0 atom stereocenters. The molecule has 3 amide bonds. The van der Waals surface area contributed by atoms with Crippen LogP contribution in [0.15, 0.2) is 35.9 Å². The molecule has 1 aromatic carbocycles. The number of nitrogens with one attached hydrogen (secondary N) is 2. The van der Waals surface area contributed by atoms with Gasteiger partial charge in [-0.1, -0.05) is 23.8 Å². The Hall–Kier alpha value is -2.30. The Morgan fingerprint density at radius 2 is 2.00 bits per heavy atom. The SMILES string of the molecule is O=C(NCCC1=CCCCC1)Nc1cccc(CN2CCCCC2=O)c1. The second-order valence-corrected chi connectivity index (χ2v) is 7.21. The van der Waals surface area contributed by atoms with Gasteiger partial charge in [-0.3, -0.25) is 4.79 Å². The number of carbonyl (C=O) groups is 2. The summed E-state index contributed by atoms with van der Waals surface area (Å²) in [6, 6.07) is 7.58. The van der Waals surface area contributed by atoms with Crippen molar-refractivity contribution in [2.24, 2.45) is 0 Å². The summed E-state index contributed by atoms with van der Waals surface area (Å²) in [6.07, 6.45) is 10.9. The highest BCUT2D eigenvalue weighted by molar-refractivity contribution is 5.89. The number of rotatable bonds is 6. The van der Waals surface area contributed by atoms with Crippen molar-refractivity contribution in [1.82, 2.24) is 10.2 Å². The van der Waals surface area contributed by atoms with E-state index in [1.54, 1.807) is 0 Å². The number of anilines is 1. The van der Waals surface area contributed by atoms with Crippen molar-refractivity contribution in [2.75, 3.05) is 18.4 Å². The Labute approximate surface area is 155 Å². The monoisotopic (exact) mass is 355 g/mol. The first-order chi connectivity index (χ1) is 12.7. The van der Waals surface area contributed by atoms with Crippen molar-refractivity contribution >= 4 is 17.6 Å². The molecule has 0 unspecified atom stereocenters. The smallest absolute Gasteiger partial charge is 0.319 e. The van der Waals surface area contributed by atoms with Gasteiger partial charge in [0.1, 0.15) is 0 Å². The van der Waals surface area contributed by atoms with Gasteiger partial charge in [-0.25, -0.2) is 4.79 Å². The minimum absolute atomic E-state index is 0.174. The molecule has 2 aliphatic rings. The molecular formula is C21H29N3O2. The Bertz CT molecular complexity index is 669. The molecule has 0 radical (unpaired) electrons. The maximum absolute atomic E-state index is 12.1. The fraction of sp³-hybridized carbons (Fsp3) is 0.524. The van der Waals surface area contributed by atoms with E-state index in [-0.39, 0.29) is 11.9 Å². The summed E-state index contributed by atoms with van der Waals surface area (Å²) in [5.74, 6) is 0.226.